The first kappa shape index (κ1) is 9.24. The van der Waals surface area contributed by atoms with Crippen LogP contribution in [0.5, 0.6) is 0 Å². The average Bonchev–Trinajstić information content (AvgIpc) is 2.71. The number of hydrogen-bond acceptors (Lipinski definition) is 2. The van der Waals surface area contributed by atoms with Crippen molar-refractivity contribution in [1.29, 1.82) is 0 Å². The van der Waals surface area contributed by atoms with Gasteiger partial charge >= 0.3 is 0 Å². The molecule has 0 unspecified atom stereocenters. The van der Waals surface area contributed by atoms with E-state index in [1.165, 1.54) is 5.69 Å². The third kappa shape index (κ3) is 1.78. The number of amides is 1. The van der Waals surface area contributed by atoms with Crippen LogP contribution in [0.2, 0.25) is 0 Å². The molecule has 1 fully saturated rings. The topological polar surface area (TPSA) is 49.0 Å². The second-order valence-electron chi connectivity index (χ2n) is 3.79. The number of nitrogens with zero attached hydrogens (tertiary/aromatic N) is 2. The Labute approximate surface area is 83.3 Å². The molecule has 14 heavy (non-hydrogen) atoms. The Morgan fingerprint density at radius 2 is 2.29 bits per heavy atom. The number of piperidine rings is 1. The molecule has 0 spiro atoms. The van der Waals surface area contributed by atoms with E-state index in [4.69, 9.17) is 0 Å². The van der Waals surface area contributed by atoms with Crippen LogP contribution in [0.15, 0.2) is 12.3 Å². The Balaban J connectivity index is 1.93. The molecule has 1 N–H and O–H groups in total. The summed E-state index contributed by atoms with van der Waals surface area (Å²) in [4.78, 5) is 13.0. The van der Waals surface area contributed by atoms with Gasteiger partial charge in [-0.2, -0.15) is 5.10 Å². The minimum atomic E-state index is 0.188. The summed E-state index contributed by atoms with van der Waals surface area (Å²) < 4.78 is 0. The van der Waals surface area contributed by atoms with Crippen LogP contribution in [-0.4, -0.2) is 34.1 Å². The average molecular weight is 193 g/mol. The molecule has 0 saturated carbocycles. The summed E-state index contributed by atoms with van der Waals surface area (Å²) in [5, 5.41) is 6.94. The van der Waals surface area contributed by atoms with E-state index < -0.39 is 0 Å². The van der Waals surface area contributed by atoms with Crippen molar-refractivity contribution < 1.29 is 4.79 Å². The van der Waals surface area contributed by atoms with E-state index in [1.807, 2.05) is 11.0 Å². The van der Waals surface area contributed by atoms with Crippen molar-refractivity contribution >= 4 is 5.91 Å². The number of rotatable bonds is 1. The van der Waals surface area contributed by atoms with Gasteiger partial charge in [-0.05, 0) is 18.9 Å². The molecular weight excluding hydrogens is 178 g/mol. The van der Waals surface area contributed by atoms with Crippen LogP contribution in [0.25, 0.3) is 0 Å². The van der Waals surface area contributed by atoms with E-state index in [2.05, 4.69) is 10.2 Å². The maximum absolute atomic E-state index is 11.1. The van der Waals surface area contributed by atoms with E-state index in [9.17, 15) is 4.79 Å². The quantitative estimate of drug-likeness (QED) is 0.727. The lowest BCUT2D eigenvalue weighted by Crippen LogP contribution is -2.36. The Morgan fingerprint density at radius 3 is 2.79 bits per heavy atom. The SMILES string of the molecule is CC(=O)N1CCC(c2ccn[nH]2)CC1. The summed E-state index contributed by atoms with van der Waals surface area (Å²) in [6.07, 6.45) is 3.87. The van der Waals surface area contributed by atoms with E-state index in [0.717, 1.165) is 25.9 Å². The number of H-pyrrole nitrogens is 1. The first-order valence-electron chi connectivity index (χ1n) is 5.02. The lowest BCUT2D eigenvalue weighted by Gasteiger charge is -2.30. The Bertz CT molecular complexity index is 299. The summed E-state index contributed by atoms with van der Waals surface area (Å²) >= 11 is 0. The first-order valence-corrected chi connectivity index (χ1v) is 5.02. The van der Waals surface area contributed by atoms with Crippen LogP contribution >= 0.6 is 0 Å². The second kappa shape index (κ2) is 3.82. The number of nitrogens with one attached hydrogen (secondary N) is 1. The van der Waals surface area contributed by atoms with Crippen LogP contribution in [-0.2, 0) is 4.79 Å². The molecule has 0 bridgehead atoms. The molecule has 2 rings (SSSR count). The third-order valence-electron chi connectivity index (χ3n) is 2.90. The number of carbonyl (C=O) groups is 1. The van der Waals surface area contributed by atoms with Crippen LogP contribution in [0, 0.1) is 0 Å². The monoisotopic (exact) mass is 193 g/mol. The van der Waals surface area contributed by atoms with Gasteiger partial charge < -0.3 is 4.90 Å². The van der Waals surface area contributed by atoms with Crippen molar-refractivity contribution in [1.82, 2.24) is 15.1 Å². The van der Waals surface area contributed by atoms with Crippen molar-refractivity contribution in [3.05, 3.63) is 18.0 Å². The van der Waals surface area contributed by atoms with Gasteiger partial charge in [-0.3, -0.25) is 9.89 Å². The zero-order valence-corrected chi connectivity index (χ0v) is 8.36. The highest BCUT2D eigenvalue weighted by molar-refractivity contribution is 5.73. The number of likely N-dealkylation sites (tertiary alicyclic amines) is 1. The van der Waals surface area contributed by atoms with Gasteiger partial charge in [0.15, 0.2) is 0 Å². The zero-order valence-electron chi connectivity index (χ0n) is 8.36. The minimum absolute atomic E-state index is 0.188. The van der Waals surface area contributed by atoms with Gasteiger partial charge in [-0.15, -0.1) is 0 Å². The Hall–Kier alpha value is -1.32. The molecule has 1 aliphatic rings. The van der Waals surface area contributed by atoms with Crippen LogP contribution < -0.4 is 0 Å². The molecule has 1 saturated heterocycles. The molecule has 1 aromatic rings. The van der Waals surface area contributed by atoms with Gasteiger partial charge in [0.1, 0.15) is 0 Å². The van der Waals surface area contributed by atoms with Gasteiger partial charge in [0, 0.05) is 37.8 Å². The van der Waals surface area contributed by atoms with Crippen LogP contribution in [0.1, 0.15) is 31.4 Å². The molecule has 0 aliphatic carbocycles. The lowest BCUT2D eigenvalue weighted by molar-refractivity contribution is -0.129. The van der Waals surface area contributed by atoms with Crippen molar-refractivity contribution in [2.24, 2.45) is 0 Å². The number of aromatic nitrogens is 2. The van der Waals surface area contributed by atoms with Gasteiger partial charge in [0.05, 0.1) is 0 Å². The number of carbonyl (C=O) groups excluding carboxylic acids is 1. The summed E-state index contributed by atoms with van der Waals surface area (Å²) in [6.45, 7) is 3.38. The molecular formula is C10H15N3O. The molecule has 2 heterocycles. The van der Waals surface area contributed by atoms with Crippen molar-refractivity contribution in [3.63, 3.8) is 0 Å². The highest BCUT2D eigenvalue weighted by Gasteiger charge is 2.22. The fourth-order valence-electron chi connectivity index (χ4n) is 2.00. The van der Waals surface area contributed by atoms with Crippen LogP contribution in [0.4, 0.5) is 0 Å². The van der Waals surface area contributed by atoms with Crippen molar-refractivity contribution in [2.45, 2.75) is 25.7 Å². The zero-order chi connectivity index (χ0) is 9.97. The van der Waals surface area contributed by atoms with Crippen molar-refractivity contribution in [3.8, 4) is 0 Å². The maximum atomic E-state index is 11.1. The normalized spacial score (nSPS) is 18.5. The van der Waals surface area contributed by atoms with E-state index in [1.54, 1.807) is 13.1 Å². The first-order chi connectivity index (χ1) is 6.77. The standard InChI is InChI=1S/C10H15N3O/c1-8(14)13-6-3-9(4-7-13)10-2-5-11-12-10/h2,5,9H,3-4,6-7H2,1H3,(H,11,12). The van der Waals surface area contributed by atoms with E-state index in [-0.39, 0.29) is 5.91 Å². The smallest absolute Gasteiger partial charge is 0.219 e. The molecule has 1 aromatic heterocycles. The molecule has 4 nitrogen and oxygen atoms in total. The van der Waals surface area contributed by atoms with Gasteiger partial charge in [-0.1, -0.05) is 0 Å². The molecule has 1 aliphatic heterocycles. The molecule has 0 atom stereocenters. The fourth-order valence-corrected chi connectivity index (χ4v) is 2.00. The molecule has 4 heteroatoms. The lowest BCUT2D eigenvalue weighted by atomic mass is 9.94. The molecule has 76 valence electrons. The minimum Gasteiger partial charge on any atom is -0.343 e. The predicted octanol–water partition coefficient (Wildman–Crippen LogP) is 1.14. The fraction of sp³-hybridized carbons (Fsp3) is 0.600. The van der Waals surface area contributed by atoms with Crippen LogP contribution in [0.3, 0.4) is 0 Å². The van der Waals surface area contributed by atoms with E-state index >= 15 is 0 Å². The van der Waals surface area contributed by atoms with Gasteiger partial charge in [0.25, 0.3) is 0 Å². The summed E-state index contributed by atoms with van der Waals surface area (Å²) in [6, 6.07) is 2.02. The van der Waals surface area contributed by atoms with E-state index in [0.29, 0.717) is 5.92 Å². The number of aromatic amines is 1. The largest absolute Gasteiger partial charge is 0.343 e. The maximum Gasteiger partial charge on any atom is 0.219 e. The predicted molar refractivity (Wildman–Crippen MR) is 52.8 cm³/mol. The number of hydrogen-bond donors (Lipinski definition) is 1. The summed E-state index contributed by atoms with van der Waals surface area (Å²) in [7, 11) is 0. The molecule has 0 aromatic carbocycles. The van der Waals surface area contributed by atoms with Gasteiger partial charge in [0.2, 0.25) is 5.91 Å². The highest BCUT2D eigenvalue weighted by atomic mass is 16.2. The summed E-state index contributed by atoms with van der Waals surface area (Å²) in [5.41, 5.74) is 1.20. The third-order valence-corrected chi connectivity index (χ3v) is 2.90. The Morgan fingerprint density at radius 1 is 1.57 bits per heavy atom. The van der Waals surface area contributed by atoms with Gasteiger partial charge in [-0.25, -0.2) is 0 Å². The molecule has 0 radical (unpaired) electrons. The molecule has 1 amide bonds. The Kier molecular flexibility index (Phi) is 2.52. The second-order valence-corrected chi connectivity index (χ2v) is 3.79. The highest BCUT2D eigenvalue weighted by Crippen LogP contribution is 2.25. The van der Waals surface area contributed by atoms with Crippen molar-refractivity contribution in [2.75, 3.05) is 13.1 Å². The summed E-state index contributed by atoms with van der Waals surface area (Å²) in [5.74, 6) is 0.737.